The van der Waals surface area contributed by atoms with E-state index in [4.69, 9.17) is 13.2 Å². The molecule has 0 spiro atoms. The highest BCUT2D eigenvalue weighted by atomic mass is 19.4. The number of hydrogen-bond donors (Lipinski definition) is 1. The Balaban J connectivity index is 1.42. The van der Waals surface area contributed by atoms with Gasteiger partial charge < -0.3 is 20.1 Å². The number of piperidine rings is 1. The molecule has 0 unspecified atom stereocenters. The second kappa shape index (κ2) is 7.20. The number of hydrogen-bond acceptors (Lipinski definition) is 7. The van der Waals surface area contributed by atoms with Crippen LogP contribution in [0, 0.1) is 0 Å². The van der Waals surface area contributed by atoms with Gasteiger partial charge in [0.05, 0.1) is 30.3 Å². The van der Waals surface area contributed by atoms with E-state index in [1.165, 1.54) is 30.9 Å². The molecule has 0 bridgehead atoms. The fraction of sp³-hybridized carbons (Fsp3) is 0.273. The molecule has 4 aromatic rings. The Bertz CT molecular complexity index is 1540. The van der Waals surface area contributed by atoms with Crippen molar-refractivity contribution in [1.29, 1.82) is 0 Å². The molecule has 12 heteroatoms. The summed E-state index contributed by atoms with van der Waals surface area (Å²) in [6, 6.07) is 4.18. The first-order valence-electron chi connectivity index (χ1n) is 11.3. The van der Waals surface area contributed by atoms with Gasteiger partial charge in [-0.15, -0.1) is 13.2 Å². The molecular formula is C22H17F3N6O3. The van der Waals surface area contributed by atoms with Gasteiger partial charge in [0.25, 0.3) is 5.91 Å². The zero-order valence-corrected chi connectivity index (χ0v) is 17.3. The minimum absolute atomic E-state index is 0.0305. The molecule has 174 valence electrons. The molecule has 0 aliphatic carbocycles. The van der Waals surface area contributed by atoms with E-state index in [1.54, 1.807) is 4.40 Å². The molecule has 1 saturated heterocycles. The van der Waals surface area contributed by atoms with Crippen LogP contribution in [0.5, 0.6) is 11.5 Å². The number of rotatable bonds is 2. The maximum absolute atomic E-state index is 13.7. The van der Waals surface area contributed by atoms with Crippen molar-refractivity contribution in [3.05, 3.63) is 54.2 Å². The van der Waals surface area contributed by atoms with Crippen molar-refractivity contribution in [2.24, 2.45) is 0 Å². The SMILES string of the molecule is [2H]C1([2H])CC[C@@H]2Oc3cc(OC(F)(F)F)ccc3[C@@H]2N1C(=O)c1cc2c(cn1)nc(N)c1cncn12. The number of fused-ring (bicyclic) bond motifs is 6. The molecule has 2 N–H and O–H groups in total. The number of halogens is 3. The lowest BCUT2D eigenvalue weighted by molar-refractivity contribution is -0.274. The largest absolute Gasteiger partial charge is 0.573 e. The number of pyridine rings is 1. The fourth-order valence-corrected chi connectivity index (χ4v) is 4.45. The Morgan fingerprint density at radius 2 is 2.12 bits per heavy atom. The number of carbonyl (C=O) groups excluding carboxylic acids is 1. The van der Waals surface area contributed by atoms with Gasteiger partial charge in [-0.25, -0.2) is 15.0 Å². The van der Waals surface area contributed by atoms with E-state index in [0.717, 1.165) is 17.0 Å². The first-order valence-corrected chi connectivity index (χ1v) is 10.3. The highest BCUT2D eigenvalue weighted by Gasteiger charge is 2.44. The van der Waals surface area contributed by atoms with E-state index in [2.05, 4.69) is 19.7 Å². The number of amides is 1. The van der Waals surface area contributed by atoms with Crippen LogP contribution in [-0.2, 0) is 0 Å². The van der Waals surface area contributed by atoms with E-state index < -0.39 is 36.7 Å². The summed E-state index contributed by atoms with van der Waals surface area (Å²) in [5.74, 6) is -0.819. The third-order valence-electron chi connectivity index (χ3n) is 5.86. The number of anilines is 1. The number of nitrogen functional groups attached to an aromatic ring is 1. The van der Waals surface area contributed by atoms with E-state index in [9.17, 15) is 18.0 Å². The molecule has 1 fully saturated rings. The van der Waals surface area contributed by atoms with Crippen molar-refractivity contribution in [2.75, 3.05) is 12.2 Å². The summed E-state index contributed by atoms with van der Waals surface area (Å²) in [4.78, 5) is 27.3. The van der Waals surface area contributed by atoms with Gasteiger partial charge in [-0.3, -0.25) is 9.20 Å². The number of aromatic nitrogens is 4. The zero-order valence-electron chi connectivity index (χ0n) is 19.3. The predicted octanol–water partition coefficient (Wildman–Crippen LogP) is 3.50. The second-order valence-electron chi connectivity index (χ2n) is 7.92. The fourth-order valence-electron chi connectivity index (χ4n) is 4.45. The van der Waals surface area contributed by atoms with Gasteiger partial charge in [-0.2, -0.15) is 0 Å². The molecule has 1 amide bonds. The van der Waals surface area contributed by atoms with E-state index >= 15 is 0 Å². The Morgan fingerprint density at radius 3 is 2.94 bits per heavy atom. The topological polar surface area (TPSA) is 108 Å². The minimum atomic E-state index is -4.87. The molecule has 3 aromatic heterocycles. The van der Waals surface area contributed by atoms with Crippen molar-refractivity contribution in [3.63, 3.8) is 0 Å². The maximum Gasteiger partial charge on any atom is 0.573 e. The summed E-state index contributed by atoms with van der Waals surface area (Å²) in [7, 11) is 0. The van der Waals surface area contributed by atoms with E-state index in [0.29, 0.717) is 22.1 Å². The average Bonchev–Trinajstić information content (AvgIpc) is 3.42. The van der Waals surface area contributed by atoms with Crippen molar-refractivity contribution in [2.45, 2.75) is 31.3 Å². The number of carbonyl (C=O) groups is 1. The van der Waals surface area contributed by atoms with Crippen LogP contribution in [0.15, 0.2) is 43.0 Å². The molecule has 9 nitrogen and oxygen atoms in total. The normalized spacial score (nSPS) is 22.0. The number of benzene rings is 1. The third-order valence-corrected chi connectivity index (χ3v) is 5.86. The minimum Gasteiger partial charge on any atom is -0.487 e. The lowest BCUT2D eigenvalue weighted by Crippen LogP contribution is -2.44. The standard InChI is InChI=1S/C22H17F3N6O3/c23-22(24,25)34-11-3-4-12-18(6-11)33-17-2-1-5-30(19(12)17)21(32)13-7-15-14(8-28-13)29-20(26)16-9-27-10-31(15)16/h3-4,6-10,17,19H,1-2,5H2,(H2,26,29)/t17-,19-/m0/s1/i5D2. The lowest BCUT2D eigenvalue weighted by Gasteiger charge is -2.36. The van der Waals surface area contributed by atoms with Gasteiger partial charge in [0.1, 0.15) is 40.1 Å². The highest BCUT2D eigenvalue weighted by molar-refractivity contribution is 5.96. The Kier molecular flexibility index (Phi) is 3.89. The number of alkyl halides is 3. The van der Waals surface area contributed by atoms with Crippen molar-refractivity contribution < 1.29 is 30.2 Å². The van der Waals surface area contributed by atoms with Gasteiger partial charge in [0.15, 0.2) is 0 Å². The molecule has 34 heavy (non-hydrogen) atoms. The van der Waals surface area contributed by atoms with Crippen LogP contribution in [0.4, 0.5) is 19.0 Å². The summed E-state index contributed by atoms with van der Waals surface area (Å²) in [6.07, 6.45) is -0.873. The first kappa shape index (κ1) is 18.3. The number of imidazole rings is 1. The smallest absolute Gasteiger partial charge is 0.487 e. The summed E-state index contributed by atoms with van der Waals surface area (Å²) >= 11 is 0. The number of nitrogens with two attached hydrogens (primary N) is 1. The molecule has 2 aliphatic heterocycles. The van der Waals surface area contributed by atoms with Crippen molar-refractivity contribution >= 4 is 28.3 Å². The van der Waals surface area contributed by atoms with Gasteiger partial charge in [-0.1, -0.05) is 0 Å². The second-order valence-corrected chi connectivity index (χ2v) is 7.92. The molecule has 0 radical (unpaired) electrons. The summed E-state index contributed by atoms with van der Waals surface area (Å²) in [5, 5.41) is 0. The number of ether oxygens (including phenoxy) is 2. The summed E-state index contributed by atoms with van der Waals surface area (Å²) in [5.41, 5.74) is 7.76. The van der Waals surface area contributed by atoms with E-state index in [-0.39, 0.29) is 30.1 Å². The van der Waals surface area contributed by atoms with Crippen LogP contribution in [0.3, 0.4) is 0 Å². The van der Waals surface area contributed by atoms with Gasteiger partial charge in [-0.05, 0) is 31.0 Å². The monoisotopic (exact) mass is 472 g/mol. The quantitative estimate of drug-likeness (QED) is 0.476. The number of likely N-dealkylation sites (tertiary alicyclic amines) is 1. The zero-order chi connectivity index (χ0) is 25.4. The van der Waals surface area contributed by atoms with Crippen LogP contribution < -0.4 is 15.2 Å². The highest BCUT2D eigenvalue weighted by Crippen LogP contribution is 2.46. The molecule has 0 saturated carbocycles. The van der Waals surface area contributed by atoms with Gasteiger partial charge >= 0.3 is 6.36 Å². The molecule has 2 atom stereocenters. The van der Waals surface area contributed by atoms with Crippen LogP contribution >= 0.6 is 0 Å². The predicted molar refractivity (Wildman–Crippen MR) is 113 cm³/mol. The van der Waals surface area contributed by atoms with Gasteiger partial charge in [0, 0.05) is 20.9 Å². The average molecular weight is 472 g/mol. The van der Waals surface area contributed by atoms with Crippen molar-refractivity contribution in [3.8, 4) is 11.5 Å². The van der Waals surface area contributed by atoms with Gasteiger partial charge in [0.2, 0.25) is 0 Å². The van der Waals surface area contributed by atoms with Crippen LogP contribution in [0.2, 0.25) is 0 Å². The lowest BCUT2D eigenvalue weighted by atomic mass is 9.94. The molecule has 5 heterocycles. The Labute approximate surface area is 192 Å². The number of nitrogens with zero attached hydrogens (tertiary/aromatic N) is 5. The van der Waals surface area contributed by atoms with Crippen LogP contribution in [-0.4, -0.2) is 49.1 Å². The Hall–Kier alpha value is -4.09. The molecule has 1 aromatic carbocycles. The van der Waals surface area contributed by atoms with Crippen LogP contribution in [0.25, 0.3) is 16.6 Å². The maximum atomic E-state index is 13.7. The summed E-state index contributed by atoms with van der Waals surface area (Å²) in [6.45, 7) is -2.06. The third kappa shape index (κ3) is 3.25. The Morgan fingerprint density at radius 1 is 1.26 bits per heavy atom. The summed E-state index contributed by atoms with van der Waals surface area (Å²) < 4.78 is 66.6. The van der Waals surface area contributed by atoms with E-state index in [1.807, 2.05) is 0 Å². The molecule has 6 rings (SSSR count). The first-order chi connectivity index (χ1) is 17.0. The molecular weight excluding hydrogens is 453 g/mol. The van der Waals surface area contributed by atoms with Crippen molar-refractivity contribution in [1.82, 2.24) is 24.3 Å². The molecule has 2 aliphatic rings. The van der Waals surface area contributed by atoms with Crippen LogP contribution in [0.1, 0.15) is 37.7 Å².